The number of hydrogen-bond donors (Lipinski definition) is 0. The summed E-state index contributed by atoms with van der Waals surface area (Å²) in [5.74, 6) is 0. The summed E-state index contributed by atoms with van der Waals surface area (Å²) in [6.45, 7) is 6.41. The summed E-state index contributed by atoms with van der Waals surface area (Å²) < 4.78 is 0. The Labute approximate surface area is 118 Å². The fourth-order valence-electron chi connectivity index (χ4n) is 2.32. The maximum atomic E-state index is 4.28. The highest BCUT2D eigenvalue weighted by molar-refractivity contribution is 8.02. The fourth-order valence-corrected chi connectivity index (χ4v) is 3.39. The van der Waals surface area contributed by atoms with Gasteiger partial charge in [-0.25, -0.2) is 0 Å². The van der Waals surface area contributed by atoms with E-state index in [1.807, 2.05) is 11.8 Å². The summed E-state index contributed by atoms with van der Waals surface area (Å²) >= 11 is 1.81. The maximum absolute atomic E-state index is 4.28. The van der Waals surface area contributed by atoms with Crippen LogP contribution in [0, 0.1) is 6.92 Å². The van der Waals surface area contributed by atoms with Gasteiger partial charge in [-0.3, -0.25) is 0 Å². The van der Waals surface area contributed by atoms with Gasteiger partial charge < -0.3 is 0 Å². The Hall–Kier alpha value is -1.73. The lowest BCUT2D eigenvalue weighted by Gasteiger charge is -2.19. The minimum Gasteiger partial charge on any atom is -0.0971 e. The molecule has 0 nitrogen and oxygen atoms in total. The number of fused-ring (bicyclic) bond motifs is 1. The number of benzene rings is 2. The van der Waals surface area contributed by atoms with Gasteiger partial charge in [-0.15, -0.1) is 0 Å². The van der Waals surface area contributed by atoms with Crippen LogP contribution < -0.4 is 0 Å². The van der Waals surface area contributed by atoms with Crippen molar-refractivity contribution in [1.29, 1.82) is 0 Å². The Morgan fingerprint density at radius 1 is 1.05 bits per heavy atom. The van der Waals surface area contributed by atoms with Gasteiger partial charge in [-0.2, -0.15) is 0 Å². The highest BCUT2D eigenvalue weighted by Crippen LogP contribution is 2.40. The summed E-state index contributed by atoms with van der Waals surface area (Å²) in [4.78, 5) is 1.32. The molecular weight excluding hydrogens is 248 g/mol. The normalized spacial score (nSPS) is 13.9. The molecule has 0 unspecified atom stereocenters. The molecular formula is C18H16S. The Morgan fingerprint density at radius 2 is 1.84 bits per heavy atom. The summed E-state index contributed by atoms with van der Waals surface area (Å²) in [6.07, 6.45) is 0.958. The molecule has 2 aromatic carbocycles. The van der Waals surface area contributed by atoms with Crippen molar-refractivity contribution in [2.75, 3.05) is 0 Å². The van der Waals surface area contributed by atoms with E-state index in [0.29, 0.717) is 0 Å². The van der Waals surface area contributed by atoms with Crippen molar-refractivity contribution in [3.05, 3.63) is 82.8 Å². The van der Waals surface area contributed by atoms with Crippen LogP contribution in [0.4, 0.5) is 0 Å². The molecule has 0 saturated carbocycles. The molecule has 0 fully saturated rings. The molecule has 1 heterocycles. The summed E-state index contributed by atoms with van der Waals surface area (Å²) in [6, 6.07) is 17.2. The van der Waals surface area contributed by atoms with Gasteiger partial charge >= 0.3 is 0 Å². The van der Waals surface area contributed by atoms with Crippen molar-refractivity contribution < 1.29 is 0 Å². The summed E-state index contributed by atoms with van der Waals surface area (Å²) in [5, 5.41) is 2.25. The molecule has 94 valence electrons. The van der Waals surface area contributed by atoms with Gasteiger partial charge in [0.1, 0.15) is 0 Å². The lowest BCUT2D eigenvalue weighted by atomic mass is 9.94. The van der Waals surface area contributed by atoms with Crippen molar-refractivity contribution in [2.45, 2.75) is 18.2 Å². The van der Waals surface area contributed by atoms with Crippen molar-refractivity contribution in [1.82, 2.24) is 0 Å². The Bertz CT molecular complexity index is 651. The van der Waals surface area contributed by atoms with E-state index in [4.69, 9.17) is 0 Å². The van der Waals surface area contributed by atoms with E-state index in [1.165, 1.54) is 27.2 Å². The van der Waals surface area contributed by atoms with E-state index in [9.17, 15) is 0 Å². The van der Waals surface area contributed by atoms with Crippen LogP contribution in [-0.2, 0) is 6.42 Å². The minimum atomic E-state index is 0.958. The SMILES string of the molecule is C=C1C(Cc2ccccc2)=CSc2cc(C)ccc21. The molecule has 0 aromatic heterocycles. The Balaban J connectivity index is 1.89. The van der Waals surface area contributed by atoms with Crippen molar-refractivity contribution in [3.8, 4) is 0 Å². The molecule has 2 aromatic rings. The van der Waals surface area contributed by atoms with Gasteiger partial charge in [0.25, 0.3) is 0 Å². The fraction of sp³-hybridized carbons (Fsp3) is 0.111. The summed E-state index contributed by atoms with van der Waals surface area (Å²) in [7, 11) is 0. The number of rotatable bonds is 2. The number of allylic oxidation sites excluding steroid dienone is 2. The number of hydrogen-bond acceptors (Lipinski definition) is 1. The molecule has 3 rings (SSSR count). The van der Waals surface area contributed by atoms with E-state index in [0.717, 1.165) is 12.0 Å². The predicted octanol–water partition coefficient (Wildman–Crippen LogP) is 5.24. The average Bonchev–Trinajstić information content (AvgIpc) is 2.43. The van der Waals surface area contributed by atoms with E-state index in [2.05, 4.69) is 67.4 Å². The zero-order valence-electron chi connectivity index (χ0n) is 11.0. The molecule has 0 aliphatic carbocycles. The molecule has 0 spiro atoms. The molecule has 0 radical (unpaired) electrons. The van der Waals surface area contributed by atoms with E-state index in [-0.39, 0.29) is 0 Å². The molecule has 19 heavy (non-hydrogen) atoms. The van der Waals surface area contributed by atoms with Gasteiger partial charge in [-0.05, 0) is 52.7 Å². The molecule has 1 aliphatic heterocycles. The van der Waals surface area contributed by atoms with Crippen molar-refractivity contribution in [2.24, 2.45) is 0 Å². The number of thioether (sulfide) groups is 1. The first-order chi connectivity index (χ1) is 9.24. The molecule has 0 N–H and O–H groups in total. The minimum absolute atomic E-state index is 0.958. The van der Waals surface area contributed by atoms with Gasteiger partial charge in [0, 0.05) is 4.90 Å². The topological polar surface area (TPSA) is 0 Å². The molecule has 1 heteroatoms. The lowest BCUT2D eigenvalue weighted by molar-refractivity contribution is 1.19. The first kappa shape index (κ1) is 12.3. The van der Waals surface area contributed by atoms with Crippen LogP contribution in [0.1, 0.15) is 16.7 Å². The van der Waals surface area contributed by atoms with E-state index < -0.39 is 0 Å². The third kappa shape index (κ3) is 2.52. The quantitative estimate of drug-likeness (QED) is 0.714. The largest absolute Gasteiger partial charge is 0.0971 e. The second kappa shape index (κ2) is 5.10. The van der Waals surface area contributed by atoms with Crippen LogP contribution in [0.25, 0.3) is 5.57 Å². The van der Waals surface area contributed by atoms with Gasteiger partial charge in [-0.1, -0.05) is 60.8 Å². The Kier molecular flexibility index (Phi) is 3.31. The monoisotopic (exact) mass is 264 g/mol. The van der Waals surface area contributed by atoms with E-state index in [1.54, 1.807) is 0 Å². The highest BCUT2D eigenvalue weighted by Gasteiger charge is 2.15. The molecule has 0 bridgehead atoms. The van der Waals surface area contributed by atoms with Crippen molar-refractivity contribution >= 4 is 17.3 Å². The second-order valence-corrected chi connectivity index (χ2v) is 5.81. The average molecular weight is 264 g/mol. The van der Waals surface area contributed by atoms with Gasteiger partial charge in [0.15, 0.2) is 0 Å². The predicted molar refractivity (Wildman–Crippen MR) is 84.3 cm³/mol. The second-order valence-electron chi connectivity index (χ2n) is 4.90. The zero-order valence-corrected chi connectivity index (χ0v) is 11.8. The van der Waals surface area contributed by atoms with E-state index >= 15 is 0 Å². The van der Waals surface area contributed by atoms with Crippen LogP contribution in [-0.4, -0.2) is 0 Å². The molecule has 0 amide bonds. The van der Waals surface area contributed by atoms with Crippen LogP contribution >= 0.6 is 11.8 Å². The van der Waals surface area contributed by atoms with Crippen LogP contribution in [0.5, 0.6) is 0 Å². The molecule has 0 saturated heterocycles. The number of aryl methyl sites for hydroxylation is 1. The third-order valence-electron chi connectivity index (χ3n) is 3.42. The highest BCUT2D eigenvalue weighted by atomic mass is 32.2. The van der Waals surface area contributed by atoms with Gasteiger partial charge in [0.2, 0.25) is 0 Å². The first-order valence-corrected chi connectivity index (χ1v) is 7.32. The first-order valence-electron chi connectivity index (χ1n) is 6.44. The zero-order chi connectivity index (χ0) is 13.2. The summed E-state index contributed by atoms with van der Waals surface area (Å²) in [5.41, 5.74) is 6.42. The van der Waals surface area contributed by atoms with Gasteiger partial charge in [0.05, 0.1) is 0 Å². The smallest absolute Gasteiger partial charge is 0.0197 e. The maximum Gasteiger partial charge on any atom is 0.0197 e. The third-order valence-corrected chi connectivity index (χ3v) is 4.41. The molecule has 1 aliphatic rings. The Morgan fingerprint density at radius 3 is 2.63 bits per heavy atom. The van der Waals surface area contributed by atoms with Crippen LogP contribution in [0.3, 0.4) is 0 Å². The molecule has 0 atom stereocenters. The standard InChI is InChI=1S/C18H16S/c1-13-8-9-17-14(2)16(12-19-18(17)10-13)11-15-6-4-3-5-7-15/h3-10,12H,2,11H2,1H3. The van der Waals surface area contributed by atoms with Crippen molar-refractivity contribution in [3.63, 3.8) is 0 Å². The lowest BCUT2D eigenvalue weighted by Crippen LogP contribution is -1.99. The van der Waals surface area contributed by atoms with Crippen LogP contribution in [0.15, 0.2) is 71.0 Å². The van der Waals surface area contributed by atoms with Crippen LogP contribution in [0.2, 0.25) is 0 Å².